The zero-order valence-corrected chi connectivity index (χ0v) is 17.8. The number of alkyl halides is 3. The first kappa shape index (κ1) is 26.7. The average Bonchev–Trinajstić information content (AvgIpc) is 2.81. The van der Waals surface area contributed by atoms with Crippen LogP contribution in [0.25, 0.3) is 11.1 Å². The van der Waals surface area contributed by atoms with Gasteiger partial charge in [-0.15, -0.1) is 0 Å². The lowest BCUT2D eigenvalue weighted by Gasteiger charge is -2.23. The lowest BCUT2D eigenvalue weighted by atomic mass is 10.00. The first-order valence-corrected chi connectivity index (χ1v) is 10.3. The topological polar surface area (TPSA) is 102 Å². The number of hydrogen-bond acceptors (Lipinski definition) is 4. The third kappa shape index (κ3) is 8.12. The van der Waals surface area contributed by atoms with Gasteiger partial charge in [-0.25, -0.2) is 13.6 Å². The van der Waals surface area contributed by atoms with Crippen LogP contribution >= 0.6 is 0 Å². The fraction of sp³-hybridized carbons (Fsp3) is 0.348. The summed E-state index contributed by atoms with van der Waals surface area (Å²) < 4.78 is 58.2. The number of piperidine rings is 1. The van der Waals surface area contributed by atoms with Gasteiger partial charge >= 0.3 is 12.1 Å². The van der Waals surface area contributed by atoms with E-state index in [9.17, 15) is 32.0 Å². The van der Waals surface area contributed by atoms with Crippen LogP contribution in [0, 0.1) is 23.0 Å². The minimum atomic E-state index is -5.08. The number of benzene rings is 2. The lowest BCUT2D eigenvalue weighted by molar-refractivity contribution is -0.192. The van der Waals surface area contributed by atoms with Gasteiger partial charge in [0.15, 0.2) is 11.6 Å². The quantitative estimate of drug-likeness (QED) is 0.559. The summed E-state index contributed by atoms with van der Waals surface area (Å²) in [5.74, 6) is -4.66. The third-order valence-electron chi connectivity index (χ3n) is 4.99. The molecule has 0 radical (unpaired) electrons. The summed E-state index contributed by atoms with van der Waals surface area (Å²) in [5, 5.41) is 22.4. The monoisotopic (exact) mass is 483 g/mol. The molecule has 0 aromatic heterocycles. The number of carboxylic acids is 1. The molecule has 0 saturated carbocycles. The van der Waals surface area contributed by atoms with Crippen molar-refractivity contribution < 1.29 is 36.6 Å². The molecular weight excluding hydrogens is 461 g/mol. The van der Waals surface area contributed by atoms with Crippen molar-refractivity contribution >= 4 is 11.9 Å². The number of aliphatic carboxylic acids is 1. The first-order chi connectivity index (χ1) is 16.0. The van der Waals surface area contributed by atoms with Crippen LogP contribution in [0.3, 0.4) is 0 Å². The number of nitriles is 1. The maximum Gasteiger partial charge on any atom is 0.490 e. The molecule has 1 aliphatic heterocycles. The largest absolute Gasteiger partial charge is 0.490 e. The molecule has 0 spiro atoms. The van der Waals surface area contributed by atoms with Crippen molar-refractivity contribution in [1.82, 2.24) is 10.6 Å². The number of nitrogens with zero attached hydrogens (tertiary/aromatic N) is 1. The van der Waals surface area contributed by atoms with Crippen molar-refractivity contribution in [2.24, 2.45) is 0 Å². The number of nitrogens with one attached hydrogen (secondary N) is 2. The van der Waals surface area contributed by atoms with Crippen LogP contribution in [0.4, 0.5) is 22.0 Å². The second-order valence-electron chi connectivity index (χ2n) is 7.53. The van der Waals surface area contributed by atoms with Gasteiger partial charge in [0.25, 0.3) is 0 Å². The smallest absolute Gasteiger partial charge is 0.475 e. The van der Waals surface area contributed by atoms with Crippen molar-refractivity contribution in [2.45, 2.75) is 43.9 Å². The number of halogens is 5. The molecule has 3 N–H and O–H groups in total. The Balaban J connectivity index is 0.000000509. The highest BCUT2D eigenvalue weighted by Crippen LogP contribution is 2.22. The molecule has 0 unspecified atom stereocenters. The summed E-state index contributed by atoms with van der Waals surface area (Å²) >= 11 is 0. The van der Waals surface area contributed by atoms with Crippen molar-refractivity contribution in [3.8, 4) is 17.2 Å². The van der Waals surface area contributed by atoms with Crippen LogP contribution in [0.15, 0.2) is 42.5 Å². The third-order valence-corrected chi connectivity index (χ3v) is 4.99. The van der Waals surface area contributed by atoms with Gasteiger partial charge in [0.2, 0.25) is 5.91 Å². The van der Waals surface area contributed by atoms with Gasteiger partial charge in [-0.2, -0.15) is 18.4 Å². The minimum absolute atomic E-state index is 0.139. The normalized spacial score (nSPS) is 16.4. The number of hydrogen-bond donors (Lipinski definition) is 3. The van der Waals surface area contributed by atoms with E-state index in [0.29, 0.717) is 12.0 Å². The predicted molar refractivity (Wildman–Crippen MR) is 112 cm³/mol. The second-order valence-corrected chi connectivity index (χ2v) is 7.53. The highest BCUT2D eigenvalue weighted by molar-refractivity contribution is 5.82. The Morgan fingerprint density at radius 2 is 1.71 bits per heavy atom. The summed E-state index contributed by atoms with van der Waals surface area (Å²) in [6, 6.07) is 12.3. The van der Waals surface area contributed by atoms with Gasteiger partial charge in [0.1, 0.15) is 6.04 Å². The van der Waals surface area contributed by atoms with Crippen LogP contribution < -0.4 is 10.6 Å². The van der Waals surface area contributed by atoms with Gasteiger partial charge in [0.05, 0.1) is 12.1 Å². The molecule has 6 nitrogen and oxygen atoms in total. The molecule has 0 aliphatic carbocycles. The molecule has 2 aromatic carbocycles. The minimum Gasteiger partial charge on any atom is -0.475 e. The average molecular weight is 483 g/mol. The number of carbonyl (C=O) groups excluding carboxylic acids is 1. The zero-order chi connectivity index (χ0) is 25.3. The van der Waals surface area contributed by atoms with Gasteiger partial charge in [-0.1, -0.05) is 36.8 Å². The molecule has 1 fully saturated rings. The second kappa shape index (κ2) is 12.1. The molecule has 11 heteroatoms. The van der Waals surface area contributed by atoms with E-state index in [0.717, 1.165) is 49.1 Å². The Morgan fingerprint density at radius 1 is 1.09 bits per heavy atom. The molecule has 1 saturated heterocycles. The molecule has 2 aromatic rings. The highest BCUT2D eigenvalue weighted by Gasteiger charge is 2.38. The van der Waals surface area contributed by atoms with E-state index in [1.165, 1.54) is 6.07 Å². The molecule has 1 heterocycles. The van der Waals surface area contributed by atoms with E-state index in [4.69, 9.17) is 9.90 Å². The molecule has 0 bridgehead atoms. The number of rotatable bonds is 5. The number of carbonyl (C=O) groups is 2. The van der Waals surface area contributed by atoms with Crippen LogP contribution in [-0.4, -0.2) is 41.8 Å². The van der Waals surface area contributed by atoms with Crippen LogP contribution in [-0.2, 0) is 16.0 Å². The molecule has 3 rings (SSSR count). The van der Waals surface area contributed by atoms with E-state index in [2.05, 4.69) is 16.7 Å². The maximum absolute atomic E-state index is 13.4. The summed E-state index contributed by atoms with van der Waals surface area (Å²) in [6.45, 7) is 0.820. The Hall–Kier alpha value is -3.52. The zero-order valence-electron chi connectivity index (χ0n) is 17.8. The summed E-state index contributed by atoms with van der Waals surface area (Å²) in [5.41, 5.74) is 2.21. The Bertz CT molecular complexity index is 1030. The highest BCUT2D eigenvalue weighted by atomic mass is 19.4. The Kier molecular flexibility index (Phi) is 9.50. The van der Waals surface area contributed by atoms with Crippen molar-refractivity contribution in [1.29, 1.82) is 5.26 Å². The fourth-order valence-electron chi connectivity index (χ4n) is 3.22. The van der Waals surface area contributed by atoms with Crippen molar-refractivity contribution in [3.63, 3.8) is 0 Å². The van der Waals surface area contributed by atoms with Crippen LogP contribution in [0.1, 0.15) is 24.8 Å². The lowest BCUT2D eigenvalue weighted by Crippen LogP contribution is -2.49. The molecular formula is C23H22F5N3O3. The van der Waals surface area contributed by atoms with E-state index in [1.807, 2.05) is 12.1 Å². The molecule has 1 amide bonds. The van der Waals surface area contributed by atoms with Crippen LogP contribution in [0.5, 0.6) is 0 Å². The summed E-state index contributed by atoms with van der Waals surface area (Å²) in [6.07, 6.45) is -1.84. The molecule has 2 atom stereocenters. The standard InChI is InChI=1S/C21H21F2N3O.C2HF3O2/c22-18-9-8-16(12-19(18)23)15-6-4-14(5-7-15)11-17(13-24)26-21(27)20-3-1-2-10-25-20;3-2(4,5)1(6)7/h4-9,12,17,20,25H,1-3,10-11H2,(H,26,27);(H,6,7)/t17-,20-;/m0./s1. The molecule has 1 aliphatic rings. The molecule has 182 valence electrons. The van der Waals surface area contributed by atoms with E-state index < -0.39 is 29.8 Å². The van der Waals surface area contributed by atoms with E-state index in [-0.39, 0.29) is 11.9 Å². The van der Waals surface area contributed by atoms with E-state index in [1.54, 1.807) is 12.1 Å². The van der Waals surface area contributed by atoms with Gasteiger partial charge in [-0.05, 0) is 48.2 Å². The van der Waals surface area contributed by atoms with Gasteiger partial charge in [-0.3, -0.25) is 4.79 Å². The van der Waals surface area contributed by atoms with Crippen LogP contribution in [0.2, 0.25) is 0 Å². The SMILES string of the molecule is N#C[C@H](Cc1ccc(-c2ccc(F)c(F)c2)cc1)NC(=O)[C@@H]1CCCCN1.O=C(O)C(F)(F)F. The summed E-state index contributed by atoms with van der Waals surface area (Å²) in [4.78, 5) is 21.2. The Labute approximate surface area is 192 Å². The fourth-order valence-corrected chi connectivity index (χ4v) is 3.22. The Morgan fingerprint density at radius 3 is 2.21 bits per heavy atom. The van der Waals surface area contributed by atoms with Gasteiger partial charge < -0.3 is 15.7 Å². The number of amides is 1. The predicted octanol–water partition coefficient (Wildman–Crippen LogP) is 3.96. The van der Waals surface area contributed by atoms with Gasteiger partial charge in [0, 0.05) is 6.42 Å². The maximum atomic E-state index is 13.4. The summed E-state index contributed by atoms with van der Waals surface area (Å²) in [7, 11) is 0. The number of carboxylic acid groups (broad SMARTS) is 1. The van der Waals surface area contributed by atoms with E-state index >= 15 is 0 Å². The van der Waals surface area contributed by atoms with Crippen molar-refractivity contribution in [3.05, 3.63) is 59.7 Å². The van der Waals surface area contributed by atoms with Crippen molar-refractivity contribution in [2.75, 3.05) is 6.54 Å². The first-order valence-electron chi connectivity index (χ1n) is 10.3. The molecule has 34 heavy (non-hydrogen) atoms.